The zero-order valence-electron chi connectivity index (χ0n) is 13.6. The van der Waals surface area contributed by atoms with Gasteiger partial charge in [0.1, 0.15) is 0 Å². The lowest BCUT2D eigenvalue weighted by atomic mass is 9.93. The molecule has 0 bridgehead atoms. The fourth-order valence-electron chi connectivity index (χ4n) is 2.55. The quantitative estimate of drug-likeness (QED) is 0.673. The molecule has 0 aliphatic carbocycles. The van der Waals surface area contributed by atoms with Crippen LogP contribution in [0.25, 0.3) is 0 Å². The number of rotatable bonds is 9. The standard InChI is InChI=1S/C15H33N3O/c1-7-12(8-2)14(18(5)6)10-17-15(19)13(16)9-11(3)4/h11-14H,7-10,16H2,1-6H3,(H,17,19). The Morgan fingerprint density at radius 1 is 1.21 bits per heavy atom. The summed E-state index contributed by atoms with van der Waals surface area (Å²) < 4.78 is 0. The number of hydrogen-bond acceptors (Lipinski definition) is 3. The molecule has 4 nitrogen and oxygen atoms in total. The second-order valence-electron chi connectivity index (χ2n) is 6.09. The Hall–Kier alpha value is -0.610. The summed E-state index contributed by atoms with van der Waals surface area (Å²) in [6.07, 6.45) is 3.00. The Balaban J connectivity index is 4.36. The molecule has 0 aliphatic heterocycles. The van der Waals surface area contributed by atoms with Crippen LogP contribution in [0.4, 0.5) is 0 Å². The maximum absolute atomic E-state index is 12.0. The Morgan fingerprint density at radius 2 is 1.74 bits per heavy atom. The van der Waals surface area contributed by atoms with Gasteiger partial charge in [0.25, 0.3) is 0 Å². The molecule has 3 N–H and O–H groups in total. The van der Waals surface area contributed by atoms with E-state index >= 15 is 0 Å². The monoisotopic (exact) mass is 271 g/mol. The first-order valence-corrected chi connectivity index (χ1v) is 7.53. The first kappa shape index (κ1) is 18.4. The van der Waals surface area contributed by atoms with Crippen molar-refractivity contribution in [2.45, 2.75) is 59.0 Å². The summed E-state index contributed by atoms with van der Waals surface area (Å²) in [7, 11) is 4.15. The topological polar surface area (TPSA) is 58.4 Å². The molecule has 0 saturated heterocycles. The molecule has 0 spiro atoms. The van der Waals surface area contributed by atoms with Gasteiger partial charge in [-0.25, -0.2) is 0 Å². The maximum Gasteiger partial charge on any atom is 0.236 e. The molecule has 0 heterocycles. The predicted molar refractivity (Wildman–Crippen MR) is 82.0 cm³/mol. The third kappa shape index (κ3) is 6.92. The number of likely N-dealkylation sites (N-methyl/N-ethyl adjacent to an activating group) is 1. The summed E-state index contributed by atoms with van der Waals surface area (Å²) in [6, 6.07) is -0.00489. The van der Waals surface area contributed by atoms with Gasteiger partial charge in [-0.3, -0.25) is 4.79 Å². The molecule has 0 aromatic heterocycles. The summed E-state index contributed by atoms with van der Waals surface area (Å²) in [5.41, 5.74) is 5.90. The van der Waals surface area contributed by atoms with Crippen molar-refractivity contribution in [1.29, 1.82) is 0 Å². The van der Waals surface area contributed by atoms with Crippen LogP contribution in [0.1, 0.15) is 47.0 Å². The number of hydrogen-bond donors (Lipinski definition) is 2. The largest absolute Gasteiger partial charge is 0.353 e. The van der Waals surface area contributed by atoms with Gasteiger partial charge in [0, 0.05) is 12.6 Å². The van der Waals surface area contributed by atoms with Crippen molar-refractivity contribution in [1.82, 2.24) is 10.2 Å². The maximum atomic E-state index is 12.0. The van der Waals surface area contributed by atoms with Crippen molar-refractivity contribution in [3.63, 3.8) is 0 Å². The zero-order valence-corrected chi connectivity index (χ0v) is 13.6. The van der Waals surface area contributed by atoms with Crippen molar-refractivity contribution >= 4 is 5.91 Å². The van der Waals surface area contributed by atoms with Gasteiger partial charge in [0.15, 0.2) is 0 Å². The molecule has 0 aromatic carbocycles. The van der Waals surface area contributed by atoms with Gasteiger partial charge < -0.3 is 16.0 Å². The van der Waals surface area contributed by atoms with E-state index in [1.807, 2.05) is 0 Å². The van der Waals surface area contributed by atoms with Crippen LogP contribution in [-0.2, 0) is 4.79 Å². The van der Waals surface area contributed by atoms with Crippen molar-refractivity contribution in [2.24, 2.45) is 17.6 Å². The summed E-state index contributed by atoms with van der Waals surface area (Å²) in [4.78, 5) is 14.2. The minimum Gasteiger partial charge on any atom is -0.353 e. The molecule has 0 fully saturated rings. The van der Waals surface area contributed by atoms with E-state index < -0.39 is 0 Å². The molecule has 1 amide bonds. The van der Waals surface area contributed by atoms with E-state index in [0.717, 1.165) is 19.3 Å². The van der Waals surface area contributed by atoms with E-state index in [0.29, 0.717) is 24.4 Å². The van der Waals surface area contributed by atoms with E-state index in [2.05, 4.69) is 52.0 Å². The SMILES string of the molecule is CCC(CC)C(CNC(=O)C(N)CC(C)C)N(C)C. The molecule has 19 heavy (non-hydrogen) atoms. The summed E-state index contributed by atoms with van der Waals surface area (Å²) in [5, 5.41) is 3.01. The lowest BCUT2D eigenvalue weighted by Gasteiger charge is -2.31. The van der Waals surface area contributed by atoms with Gasteiger partial charge in [-0.2, -0.15) is 0 Å². The van der Waals surface area contributed by atoms with E-state index in [1.54, 1.807) is 0 Å². The van der Waals surface area contributed by atoms with Crippen LogP contribution in [0.2, 0.25) is 0 Å². The number of carbonyl (C=O) groups is 1. The average molecular weight is 271 g/mol. The Morgan fingerprint density at radius 3 is 2.11 bits per heavy atom. The minimum absolute atomic E-state index is 0.0218. The molecule has 2 atom stereocenters. The van der Waals surface area contributed by atoms with Crippen LogP contribution in [0, 0.1) is 11.8 Å². The van der Waals surface area contributed by atoms with Gasteiger partial charge in [0.05, 0.1) is 6.04 Å². The van der Waals surface area contributed by atoms with Crippen LogP contribution in [0.5, 0.6) is 0 Å². The van der Waals surface area contributed by atoms with E-state index in [4.69, 9.17) is 5.73 Å². The minimum atomic E-state index is -0.385. The molecule has 0 radical (unpaired) electrons. The summed E-state index contributed by atoms with van der Waals surface area (Å²) in [6.45, 7) is 9.26. The van der Waals surface area contributed by atoms with Crippen molar-refractivity contribution < 1.29 is 4.79 Å². The summed E-state index contributed by atoms with van der Waals surface area (Å²) in [5.74, 6) is 1.03. The van der Waals surface area contributed by atoms with Crippen LogP contribution >= 0.6 is 0 Å². The van der Waals surface area contributed by atoms with Gasteiger partial charge in [-0.05, 0) is 32.4 Å². The lowest BCUT2D eigenvalue weighted by Crippen LogP contribution is -2.49. The van der Waals surface area contributed by atoms with Crippen molar-refractivity contribution in [3.05, 3.63) is 0 Å². The smallest absolute Gasteiger partial charge is 0.236 e. The normalized spacial score (nSPS) is 15.1. The Kier molecular flexibility index (Phi) is 9.02. The molecular weight excluding hydrogens is 238 g/mol. The molecule has 2 unspecified atom stereocenters. The first-order chi connectivity index (χ1) is 8.83. The second kappa shape index (κ2) is 9.32. The lowest BCUT2D eigenvalue weighted by molar-refractivity contribution is -0.123. The van der Waals surface area contributed by atoms with Crippen LogP contribution in [-0.4, -0.2) is 43.5 Å². The van der Waals surface area contributed by atoms with Crippen LogP contribution < -0.4 is 11.1 Å². The molecule has 0 rings (SSSR count). The number of nitrogens with two attached hydrogens (primary N) is 1. The van der Waals surface area contributed by atoms with Crippen molar-refractivity contribution in [3.8, 4) is 0 Å². The fourth-order valence-corrected chi connectivity index (χ4v) is 2.55. The molecule has 0 saturated carbocycles. The van der Waals surface area contributed by atoms with Gasteiger partial charge in [-0.1, -0.05) is 40.5 Å². The highest BCUT2D eigenvalue weighted by molar-refractivity contribution is 5.81. The van der Waals surface area contributed by atoms with E-state index in [-0.39, 0.29) is 11.9 Å². The molecule has 114 valence electrons. The fraction of sp³-hybridized carbons (Fsp3) is 0.933. The Labute approximate surface area is 119 Å². The Bertz CT molecular complexity index is 250. The molecule has 0 aromatic rings. The zero-order chi connectivity index (χ0) is 15.0. The van der Waals surface area contributed by atoms with E-state index in [1.165, 1.54) is 0 Å². The third-order valence-corrected chi connectivity index (χ3v) is 3.80. The summed E-state index contributed by atoms with van der Waals surface area (Å²) >= 11 is 0. The van der Waals surface area contributed by atoms with Crippen molar-refractivity contribution in [2.75, 3.05) is 20.6 Å². The molecule has 0 aliphatic rings. The number of amides is 1. The van der Waals surface area contributed by atoms with E-state index in [9.17, 15) is 4.79 Å². The average Bonchev–Trinajstić information content (AvgIpc) is 2.32. The van der Waals surface area contributed by atoms with Gasteiger partial charge in [0.2, 0.25) is 5.91 Å². The molecule has 4 heteroatoms. The number of nitrogens with one attached hydrogen (secondary N) is 1. The number of nitrogens with zero attached hydrogens (tertiary/aromatic N) is 1. The highest BCUT2D eigenvalue weighted by atomic mass is 16.2. The third-order valence-electron chi connectivity index (χ3n) is 3.80. The highest BCUT2D eigenvalue weighted by Crippen LogP contribution is 2.16. The van der Waals surface area contributed by atoms with Gasteiger partial charge in [-0.15, -0.1) is 0 Å². The van der Waals surface area contributed by atoms with Gasteiger partial charge >= 0.3 is 0 Å². The van der Waals surface area contributed by atoms with Crippen LogP contribution in [0.15, 0.2) is 0 Å². The predicted octanol–water partition coefficient (Wildman–Crippen LogP) is 1.84. The number of carbonyl (C=O) groups excluding carboxylic acids is 1. The van der Waals surface area contributed by atoms with Crippen LogP contribution in [0.3, 0.4) is 0 Å². The molecular formula is C15H33N3O. The highest BCUT2D eigenvalue weighted by Gasteiger charge is 2.22. The second-order valence-corrected chi connectivity index (χ2v) is 6.09. The first-order valence-electron chi connectivity index (χ1n) is 7.53.